The van der Waals surface area contributed by atoms with E-state index in [-0.39, 0.29) is 36.1 Å². The van der Waals surface area contributed by atoms with E-state index in [1.165, 1.54) is 11.8 Å². The number of thioether (sulfide) groups is 1. The molecule has 2 N–H and O–H groups in total. The number of nitrogens with zero attached hydrogens (tertiary/aromatic N) is 3. The van der Waals surface area contributed by atoms with Gasteiger partial charge in [0.2, 0.25) is 0 Å². The Hall–Kier alpha value is -3.54. The van der Waals surface area contributed by atoms with Crippen molar-refractivity contribution in [2.24, 2.45) is 5.92 Å². The highest BCUT2D eigenvalue weighted by Crippen LogP contribution is 2.53. The lowest BCUT2D eigenvalue weighted by Crippen LogP contribution is -2.47. The zero-order valence-electron chi connectivity index (χ0n) is 30.1. The molecule has 3 unspecified atom stereocenters. The average Bonchev–Trinajstić information content (AvgIpc) is 3.46. The second kappa shape index (κ2) is 14.4. The molecule has 0 bridgehead atoms. The van der Waals surface area contributed by atoms with Gasteiger partial charge in [-0.15, -0.1) is 11.8 Å². The fraction of sp³-hybridized carbons (Fsp3) is 0.553. The molecular weight excluding hydrogens is 639 g/mol. The third-order valence-electron chi connectivity index (χ3n) is 10.6. The smallest absolute Gasteiger partial charge is 0.254 e. The molecule has 2 aliphatic heterocycles. The minimum atomic E-state index is -0.859. The Labute approximate surface area is 294 Å². The molecule has 1 aliphatic carbocycles. The normalized spacial score (nSPS) is 25.1. The van der Waals surface area contributed by atoms with Crippen molar-refractivity contribution >= 4 is 23.5 Å². The summed E-state index contributed by atoms with van der Waals surface area (Å²) in [5.41, 5.74) is 3.91. The molecule has 6 rings (SSSR count). The van der Waals surface area contributed by atoms with Gasteiger partial charge in [0.15, 0.2) is 11.5 Å². The molecule has 2 fully saturated rings. The molecule has 1 amide bonds. The third kappa shape index (κ3) is 7.21. The van der Waals surface area contributed by atoms with Crippen molar-refractivity contribution in [3.63, 3.8) is 0 Å². The lowest BCUT2D eigenvalue weighted by molar-refractivity contribution is -0.123. The Morgan fingerprint density at radius 3 is 2.43 bits per heavy atom. The zero-order valence-corrected chi connectivity index (χ0v) is 31.0. The van der Waals surface area contributed by atoms with Crippen LogP contribution in [0.2, 0.25) is 0 Å². The molecule has 264 valence electrons. The molecule has 49 heavy (non-hydrogen) atoms. The molecule has 1 aromatic carbocycles. The number of pyridine rings is 2. The predicted octanol–water partition coefficient (Wildman–Crippen LogP) is 6.32. The van der Waals surface area contributed by atoms with Gasteiger partial charge in [0.25, 0.3) is 17.3 Å². The molecule has 11 heteroatoms. The van der Waals surface area contributed by atoms with Gasteiger partial charge in [0, 0.05) is 83.1 Å². The number of benzene rings is 1. The van der Waals surface area contributed by atoms with E-state index in [4.69, 9.17) is 19.2 Å². The van der Waals surface area contributed by atoms with Crippen LogP contribution in [0.25, 0.3) is 11.1 Å². The standard InChI is InChI=1S/C38H51N5O5S/c1-9-42(7)28-13-11-27(12-14-28)38(6)47-34-25(5)29(36(44)40-19-31-32(49-8)16-22(2)41-37(31)45)17-30(35(34)48-38)26-10-15-33(39-18-26)43-20-23(3)46-24(4)21-43/h10,15-18,23-24,27-28H,9,11-14,19-21H2,1-8H3,(H,40,44)(H,41,45). The van der Waals surface area contributed by atoms with Gasteiger partial charge in [-0.1, -0.05) is 6.92 Å². The number of hydrogen-bond acceptors (Lipinski definition) is 9. The highest BCUT2D eigenvalue weighted by molar-refractivity contribution is 7.98. The van der Waals surface area contributed by atoms with Crippen LogP contribution in [-0.4, -0.2) is 77.7 Å². The number of aromatic amines is 1. The Balaban J connectivity index is 1.33. The second-order valence-corrected chi connectivity index (χ2v) is 15.0. The molecule has 0 spiro atoms. The maximum atomic E-state index is 13.9. The Morgan fingerprint density at radius 1 is 1.10 bits per heavy atom. The van der Waals surface area contributed by atoms with Gasteiger partial charge in [0.1, 0.15) is 5.82 Å². The Kier molecular flexibility index (Phi) is 10.3. The minimum Gasteiger partial charge on any atom is -0.448 e. The van der Waals surface area contributed by atoms with E-state index in [2.05, 4.69) is 47.9 Å². The lowest BCUT2D eigenvalue weighted by Gasteiger charge is -2.39. The number of anilines is 1. The van der Waals surface area contributed by atoms with Crippen molar-refractivity contribution in [1.82, 2.24) is 20.2 Å². The second-order valence-electron chi connectivity index (χ2n) is 14.1. The van der Waals surface area contributed by atoms with Crippen molar-refractivity contribution in [2.45, 2.75) is 103 Å². The van der Waals surface area contributed by atoms with Crippen LogP contribution in [0.5, 0.6) is 11.5 Å². The molecule has 4 heterocycles. The van der Waals surface area contributed by atoms with Crippen LogP contribution in [0.15, 0.2) is 40.2 Å². The number of carbonyl (C=O) groups excluding carboxylic acids is 1. The summed E-state index contributed by atoms with van der Waals surface area (Å²) in [6.07, 6.45) is 8.20. The summed E-state index contributed by atoms with van der Waals surface area (Å²) in [5.74, 6) is 1.19. The number of aryl methyl sites for hydroxylation is 1. The van der Waals surface area contributed by atoms with Crippen molar-refractivity contribution < 1.29 is 19.0 Å². The van der Waals surface area contributed by atoms with E-state index in [1.54, 1.807) is 0 Å². The number of fused-ring (bicyclic) bond motifs is 1. The van der Waals surface area contributed by atoms with Crippen LogP contribution < -0.4 is 25.2 Å². The summed E-state index contributed by atoms with van der Waals surface area (Å²) >= 11 is 1.49. The van der Waals surface area contributed by atoms with E-state index in [0.29, 0.717) is 34.2 Å². The summed E-state index contributed by atoms with van der Waals surface area (Å²) in [5, 5.41) is 3.02. The van der Waals surface area contributed by atoms with E-state index in [1.807, 2.05) is 57.5 Å². The number of aromatic nitrogens is 2. The topological polar surface area (TPSA) is 109 Å². The van der Waals surface area contributed by atoms with E-state index >= 15 is 0 Å². The molecule has 1 saturated heterocycles. The highest BCUT2D eigenvalue weighted by Gasteiger charge is 2.48. The van der Waals surface area contributed by atoms with Gasteiger partial charge in [-0.25, -0.2) is 4.98 Å². The SMILES string of the molecule is CCN(C)C1CCC(C2(C)Oc3c(-c4ccc(N5CC(C)OC(C)C5)nc4)cc(C(=O)NCc4c(SC)cc(C)[nH]c4=O)c(C)c3O2)CC1. The first-order chi connectivity index (χ1) is 23.4. The molecule has 10 nitrogen and oxygen atoms in total. The van der Waals surface area contributed by atoms with Gasteiger partial charge in [-0.2, -0.15) is 0 Å². The van der Waals surface area contributed by atoms with Gasteiger partial charge in [-0.05, 0) is 97.5 Å². The van der Waals surface area contributed by atoms with Gasteiger partial charge in [0.05, 0.1) is 12.2 Å². The summed E-state index contributed by atoms with van der Waals surface area (Å²) in [6.45, 7) is 14.9. The summed E-state index contributed by atoms with van der Waals surface area (Å²) in [6, 6.07) is 8.45. The predicted molar refractivity (Wildman–Crippen MR) is 195 cm³/mol. The van der Waals surface area contributed by atoms with E-state index in [0.717, 1.165) is 72.9 Å². The molecule has 2 aromatic heterocycles. The number of amides is 1. The van der Waals surface area contributed by atoms with Crippen LogP contribution >= 0.6 is 11.8 Å². The Bertz CT molecular complexity index is 1730. The highest BCUT2D eigenvalue weighted by atomic mass is 32.2. The maximum absolute atomic E-state index is 13.9. The maximum Gasteiger partial charge on any atom is 0.254 e. The van der Waals surface area contributed by atoms with Gasteiger partial charge in [-0.3, -0.25) is 9.59 Å². The number of H-pyrrole nitrogens is 1. The zero-order chi connectivity index (χ0) is 35.0. The van der Waals surface area contributed by atoms with Crippen LogP contribution in [0, 0.1) is 19.8 Å². The number of ether oxygens (including phenoxy) is 3. The fourth-order valence-corrected chi connectivity index (χ4v) is 8.40. The summed E-state index contributed by atoms with van der Waals surface area (Å²) in [7, 11) is 2.20. The first kappa shape index (κ1) is 35.3. The van der Waals surface area contributed by atoms with Crippen LogP contribution in [-0.2, 0) is 11.3 Å². The van der Waals surface area contributed by atoms with Crippen molar-refractivity contribution in [3.8, 4) is 22.6 Å². The average molecular weight is 690 g/mol. The Morgan fingerprint density at radius 2 is 1.80 bits per heavy atom. The monoisotopic (exact) mass is 689 g/mol. The number of carbonyl (C=O) groups is 1. The van der Waals surface area contributed by atoms with Crippen molar-refractivity contribution in [2.75, 3.05) is 37.8 Å². The third-order valence-corrected chi connectivity index (χ3v) is 11.4. The first-order valence-corrected chi connectivity index (χ1v) is 18.8. The van der Waals surface area contributed by atoms with Crippen LogP contribution in [0.4, 0.5) is 5.82 Å². The van der Waals surface area contributed by atoms with Gasteiger partial charge < -0.3 is 34.3 Å². The summed E-state index contributed by atoms with van der Waals surface area (Å²) < 4.78 is 19.6. The molecule has 0 radical (unpaired) electrons. The molecule has 3 aromatic rings. The number of morpholine rings is 1. The number of rotatable bonds is 9. The lowest BCUT2D eigenvalue weighted by atomic mass is 9.81. The molecule has 3 aliphatic rings. The van der Waals surface area contributed by atoms with Crippen molar-refractivity contribution in [3.05, 3.63) is 63.2 Å². The molecular formula is C38H51N5O5S. The van der Waals surface area contributed by atoms with E-state index in [9.17, 15) is 9.59 Å². The van der Waals surface area contributed by atoms with Crippen molar-refractivity contribution in [1.29, 1.82) is 0 Å². The molecule has 1 saturated carbocycles. The largest absolute Gasteiger partial charge is 0.448 e. The molecule has 3 atom stereocenters. The van der Waals surface area contributed by atoms with Gasteiger partial charge >= 0.3 is 0 Å². The summed E-state index contributed by atoms with van der Waals surface area (Å²) in [4.78, 5) is 40.0. The quantitative estimate of drug-likeness (QED) is 0.250. The number of hydrogen-bond donors (Lipinski definition) is 2. The van der Waals surface area contributed by atoms with Crippen LogP contribution in [0.3, 0.4) is 0 Å². The minimum absolute atomic E-state index is 0.105. The number of nitrogens with one attached hydrogen (secondary N) is 2. The van der Waals surface area contributed by atoms with E-state index < -0.39 is 5.79 Å². The first-order valence-electron chi connectivity index (χ1n) is 17.6. The van der Waals surface area contributed by atoms with Crippen LogP contribution in [0.1, 0.15) is 80.6 Å². The fourth-order valence-electron chi connectivity index (χ4n) is 7.70.